The van der Waals surface area contributed by atoms with Gasteiger partial charge in [-0.05, 0) is 49.8 Å². The second-order valence-corrected chi connectivity index (χ2v) is 11.1. The van der Waals surface area contributed by atoms with E-state index < -0.39 is 12.0 Å². The smallest absolute Gasteiger partial charge is 0.338 e. The molecule has 4 aromatic rings. The molecule has 1 aliphatic rings. The van der Waals surface area contributed by atoms with Gasteiger partial charge < -0.3 is 14.4 Å². The van der Waals surface area contributed by atoms with E-state index in [1.807, 2.05) is 91.8 Å². The van der Waals surface area contributed by atoms with Gasteiger partial charge in [-0.1, -0.05) is 71.5 Å². The van der Waals surface area contributed by atoms with Crippen molar-refractivity contribution in [3.05, 3.63) is 125 Å². The Kier molecular flexibility index (Phi) is 8.42. The minimum atomic E-state index is -0.671. The van der Waals surface area contributed by atoms with Crippen LogP contribution in [0.4, 0.5) is 5.69 Å². The van der Waals surface area contributed by atoms with Crippen molar-refractivity contribution in [2.24, 2.45) is 4.99 Å². The third-order valence-electron chi connectivity index (χ3n) is 6.79. The summed E-state index contributed by atoms with van der Waals surface area (Å²) < 4.78 is 13.6. The second-order valence-electron chi connectivity index (χ2n) is 9.71. The van der Waals surface area contributed by atoms with Crippen LogP contribution in [0.2, 0.25) is 5.02 Å². The Morgan fingerprint density at radius 1 is 1.07 bits per heavy atom. The van der Waals surface area contributed by atoms with Crippen LogP contribution < -0.4 is 24.5 Å². The molecule has 0 fully saturated rings. The van der Waals surface area contributed by atoms with E-state index >= 15 is 0 Å². The Hall–Kier alpha value is -4.14. The first kappa shape index (κ1) is 28.4. The molecule has 0 saturated heterocycles. The molecular formula is C32H30ClN3O4S. The van der Waals surface area contributed by atoms with Crippen LogP contribution in [0.5, 0.6) is 5.75 Å². The van der Waals surface area contributed by atoms with E-state index in [4.69, 9.17) is 21.1 Å². The minimum absolute atomic E-state index is 0.220. The van der Waals surface area contributed by atoms with Crippen LogP contribution in [0.15, 0.2) is 93.9 Å². The van der Waals surface area contributed by atoms with E-state index in [1.165, 1.54) is 11.3 Å². The number of aromatic nitrogens is 1. The van der Waals surface area contributed by atoms with Crippen LogP contribution in [-0.4, -0.2) is 31.2 Å². The van der Waals surface area contributed by atoms with E-state index in [-0.39, 0.29) is 18.8 Å². The lowest BCUT2D eigenvalue weighted by molar-refractivity contribution is -0.139. The zero-order chi connectivity index (χ0) is 29.1. The summed E-state index contributed by atoms with van der Waals surface area (Å²) in [7, 11) is 3.92. The first-order chi connectivity index (χ1) is 19.8. The van der Waals surface area contributed by atoms with Crippen LogP contribution in [-0.2, 0) is 16.1 Å². The number of ether oxygens (including phenoxy) is 2. The number of fused-ring (bicyclic) bond motifs is 1. The number of esters is 1. The molecule has 1 atom stereocenters. The van der Waals surface area contributed by atoms with Crippen molar-refractivity contribution in [1.29, 1.82) is 0 Å². The fourth-order valence-corrected chi connectivity index (χ4v) is 5.93. The minimum Gasteiger partial charge on any atom is -0.488 e. The normalized spacial score (nSPS) is 14.9. The molecule has 9 heteroatoms. The largest absolute Gasteiger partial charge is 0.488 e. The molecule has 0 spiro atoms. The zero-order valence-electron chi connectivity index (χ0n) is 23.3. The number of hydrogen-bond donors (Lipinski definition) is 0. The van der Waals surface area contributed by atoms with Crippen LogP contribution in [0.25, 0.3) is 6.08 Å². The number of benzene rings is 3. The predicted octanol–water partition coefficient (Wildman–Crippen LogP) is 5.10. The van der Waals surface area contributed by atoms with Crippen molar-refractivity contribution in [3.63, 3.8) is 0 Å². The monoisotopic (exact) mass is 587 g/mol. The van der Waals surface area contributed by atoms with Gasteiger partial charge in [-0.15, -0.1) is 0 Å². The summed E-state index contributed by atoms with van der Waals surface area (Å²) >= 11 is 7.59. The van der Waals surface area contributed by atoms with Gasteiger partial charge in [-0.3, -0.25) is 9.36 Å². The number of hydrogen-bond acceptors (Lipinski definition) is 7. The number of anilines is 1. The topological polar surface area (TPSA) is 73.1 Å². The van der Waals surface area contributed by atoms with Gasteiger partial charge in [0.05, 0.1) is 28.5 Å². The van der Waals surface area contributed by atoms with Crippen LogP contribution in [0.1, 0.15) is 36.6 Å². The number of carbonyl (C=O) groups excluding carboxylic acids is 1. The summed E-state index contributed by atoms with van der Waals surface area (Å²) in [6.45, 7) is 4.05. The maximum absolute atomic E-state index is 14.0. The predicted molar refractivity (Wildman–Crippen MR) is 163 cm³/mol. The molecule has 0 bridgehead atoms. The van der Waals surface area contributed by atoms with Crippen molar-refractivity contribution < 1.29 is 14.3 Å². The molecule has 0 aliphatic carbocycles. The Morgan fingerprint density at radius 2 is 1.78 bits per heavy atom. The molecule has 1 aliphatic heterocycles. The summed E-state index contributed by atoms with van der Waals surface area (Å²) in [6, 6.07) is 22.2. The molecule has 0 saturated carbocycles. The van der Waals surface area contributed by atoms with Gasteiger partial charge in [0.1, 0.15) is 12.4 Å². The number of para-hydroxylation sites is 1. The van der Waals surface area contributed by atoms with Crippen LogP contribution >= 0.6 is 22.9 Å². The Bertz CT molecular complexity index is 1810. The number of carbonyl (C=O) groups is 1. The van der Waals surface area contributed by atoms with E-state index in [2.05, 4.69) is 4.99 Å². The van der Waals surface area contributed by atoms with E-state index in [0.29, 0.717) is 31.4 Å². The number of thiazole rings is 1. The molecular weight excluding hydrogens is 558 g/mol. The highest BCUT2D eigenvalue weighted by atomic mass is 35.5. The van der Waals surface area contributed by atoms with Crippen molar-refractivity contribution in [2.45, 2.75) is 26.5 Å². The van der Waals surface area contributed by atoms with Crippen molar-refractivity contribution >= 4 is 40.7 Å². The van der Waals surface area contributed by atoms with Gasteiger partial charge in [0.25, 0.3) is 5.56 Å². The lowest BCUT2D eigenvalue weighted by Gasteiger charge is -2.25. The van der Waals surface area contributed by atoms with Gasteiger partial charge in [0, 0.05) is 35.9 Å². The lowest BCUT2D eigenvalue weighted by Crippen LogP contribution is -2.40. The molecule has 5 rings (SSSR count). The molecule has 1 unspecified atom stereocenters. The highest BCUT2D eigenvalue weighted by molar-refractivity contribution is 7.07. The SMILES string of the molecule is CCOC(=O)C1=C(C)N=c2s/c(=C\c3ccccc3OCc3ccccc3Cl)c(=O)n2C1c1ccc(N(C)C)cc1. The molecule has 41 heavy (non-hydrogen) atoms. The molecule has 0 N–H and O–H groups in total. The number of nitrogens with zero attached hydrogens (tertiary/aromatic N) is 3. The number of allylic oxidation sites excluding steroid dienone is 1. The van der Waals surface area contributed by atoms with Gasteiger partial charge in [-0.2, -0.15) is 0 Å². The fraction of sp³-hybridized carbons (Fsp3) is 0.219. The third kappa shape index (κ3) is 5.85. The average Bonchev–Trinajstić information content (AvgIpc) is 3.26. The van der Waals surface area contributed by atoms with Crippen molar-refractivity contribution in [3.8, 4) is 5.75 Å². The standard InChI is InChI=1S/C32H30ClN3O4S/c1-5-39-31(38)28-20(2)34-32-36(29(28)21-14-16-24(17-15-21)35(3)4)30(37)27(41-32)18-22-10-7-9-13-26(22)40-19-23-11-6-8-12-25(23)33/h6-18,29H,5,19H2,1-4H3/b27-18-. The highest BCUT2D eigenvalue weighted by Crippen LogP contribution is 2.32. The maximum Gasteiger partial charge on any atom is 0.338 e. The number of rotatable bonds is 8. The molecule has 2 heterocycles. The summed E-state index contributed by atoms with van der Waals surface area (Å²) in [5.74, 6) is 0.139. The molecule has 1 aromatic heterocycles. The summed E-state index contributed by atoms with van der Waals surface area (Å²) in [6.07, 6.45) is 1.81. The lowest BCUT2D eigenvalue weighted by atomic mass is 9.95. The average molecular weight is 588 g/mol. The second kappa shape index (κ2) is 12.2. The number of halogens is 1. The van der Waals surface area contributed by atoms with Crippen molar-refractivity contribution in [1.82, 2.24) is 4.57 Å². The highest BCUT2D eigenvalue weighted by Gasteiger charge is 2.33. The summed E-state index contributed by atoms with van der Waals surface area (Å²) in [5.41, 5.74) is 4.06. The quantitative estimate of drug-likeness (QED) is 0.268. The zero-order valence-corrected chi connectivity index (χ0v) is 24.8. The van der Waals surface area contributed by atoms with Gasteiger partial charge >= 0.3 is 5.97 Å². The summed E-state index contributed by atoms with van der Waals surface area (Å²) in [5, 5.41) is 0.629. The third-order valence-corrected chi connectivity index (χ3v) is 8.14. The maximum atomic E-state index is 14.0. The van der Waals surface area contributed by atoms with E-state index in [9.17, 15) is 9.59 Å². The Morgan fingerprint density at radius 3 is 2.49 bits per heavy atom. The molecule has 0 amide bonds. The van der Waals surface area contributed by atoms with Gasteiger partial charge in [-0.25, -0.2) is 9.79 Å². The van der Waals surface area contributed by atoms with Crippen LogP contribution in [0.3, 0.4) is 0 Å². The Labute approximate surface area is 247 Å². The first-order valence-corrected chi connectivity index (χ1v) is 14.4. The molecule has 210 valence electrons. The summed E-state index contributed by atoms with van der Waals surface area (Å²) in [4.78, 5) is 34.3. The fourth-order valence-electron chi connectivity index (χ4n) is 4.71. The Balaban J connectivity index is 1.60. The molecule has 3 aromatic carbocycles. The van der Waals surface area contributed by atoms with Crippen molar-refractivity contribution in [2.75, 3.05) is 25.6 Å². The van der Waals surface area contributed by atoms with Crippen LogP contribution in [0, 0.1) is 0 Å². The molecule has 7 nitrogen and oxygen atoms in total. The van der Waals surface area contributed by atoms with Gasteiger partial charge in [0.15, 0.2) is 4.80 Å². The first-order valence-electron chi connectivity index (χ1n) is 13.2. The van der Waals surface area contributed by atoms with E-state index in [1.54, 1.807) is 24.5 Å². The van der Waals surface area contributed by atoms with Gasteiger partial charge in [0.2, 0.25) is 0 Å². The molecule has 0 radical (unpaired) electrons. The van der Waals surface area contributed by atoms with E-state index in [0.717, 1.165) is 22.4 Å².